The van der Waals surface area contributed by atoms with Gasteiger partial charge in [0.2, 0.25) is 0 Å². The molecule has 3 heterocycles. The number of aromatic nitrogens is 2. The molecule has 0 radical (unpaired) electrons. The molecule has 0 unspecified atom stereocenters. The smallest absolute Gasteiger partial charge is 0.320 e. The minimum absolute atomic E-state index is 0.155. The predicted molar refractivity (Wildman–Crippen MR) is 117 cm³/mol. The maximum Gasteiger partial charge on any atom is 0.320 e. The van der Waals surface area contributed by atoms with Gasteiger partial charge in [-0.3, -0.25) is 15.0 Å². The zero-order valence-electron chi connectivity index (χ0n) is 17.9. The largest absolute Gasteiger partial charge is 0.354 e. The van der Waals surface area contributed by atoms with E-state index in [0.29, 0.717) is 24.0 Å². The number of amides is 3. The molecule has 1 aliphatic heterocycles. The molecule has 0 aliphatic carbocycles. The van der Waals surface area contributed by atoms with E-state index in [9.17, 15) is 9.59 Å². The Labute approximate surface area is 177 Å². The second-order valence-corrected chi connectivity index (χ2v) is 7.53. The zero-order valence-corrected chi connectivity index (χ0v) is 17.9. The van der Waals surface area contributed by atoms with Crippen LogP contribution in [-0.2, 0) is 6.54 Å². The molecule has 0 saturated carbocycles. The molecule has 1 aliphatic rings. The van der Waals surface area contributed by atoms with Gasteiger partial charge in [-0.05, 0) is 75.0 Å². The molecule has 8 nitrogen and oxygen atoms in total. The highest BCUT2D eigenvalue weighted by molar-refractivity contribution is 5.92. The van der Waals surface area contributed by atoms with Gasteiger partial charge in [0.1, 0.15) is 11.5 Å². The van der Waals surface area contributed by atoms with Gasteiger partial charge in [-0.15, -0.1) is 0 Å². The average Bonchev–Trinajstić information content (AvgIpc) is 2.74. The van der Waals surface area contributed by atoms with E-state index in [1.807, 2.05) is 32.0 Å². The fraction of sp³-hybridized carbons (Fsp3) is 0.455. The number of hydrogen-bond donors (Lipinski definition) is 3. The summed E-state index contributed by atoms with van der Waals surface area (Å²) in [5, 5.41) is 8.08. The number of pyridine rings is 2. The van der Waals surface area contributed by atoms with Crippen LogP contribution in [0.5, 0.6) is 0 Å². The third-order valence-corrected chi connectivity index (χ3v) is 5.42. The first kappa shape index (κ1) is 21.7. The van der Waals surface area contributed by atoms with Crippen LogP contribution in [-0.4, -0.2) is 53.5 Å². The summed E-state index contributed by atoms with van der Waals surface area (Å²) in [6, 6.07) is 7.53. The maximum absolute atomic E-state index is 11.8. The van der Waals surface area contributed by atoms with Crippen LogP contribution in [0.1, 0.15) is 53.0 Å². The molecule has 0 aromatic carbocycles. The second kappa shape index (κ2) is 10.2. The van der Waals surface area contributed by atoms with E-state index in [1.54, 1.807) is 13.2 Å². The number of nitrogens with one attached hydrogen (secondary N) is 3. The molecule has 3 amide bonds. The van der Waals surface area contributed by atoms with Gasteiger partial charge < -0.3 is 10.6 Å². The molecule has 0 bridgehead atoms. The summed E-state index contributed by atoms with van der Waals surface area (Å²) in [6.45, 7) is 7.23. The van der Waals surface area contributed by atoms with Gasteiger partial charge in [0.25, 0.3) is 5.91 Å². The van der Waals surface area contributed by atoms with Crippen LogP contribution in [0.25, 0.3) is 0 Å². The van der Waals surface area contributed by atoms with Crippen molar-refractivity contribution in [3.63, 3.8) is 0 Å². The van der Waals surface area contributed by atoms with Gasteiger partial charge in [-0.2, -0.15) is 0 Å². The molecule has 1 fully saturated rings. The van der Waals surface area contributed by atoms with Gasteiger partial charge in [-0.1, -0.05) is 6.07 Å². The Morgan fingerprint density at radius 2 is 1.97 bits per heavy atom. The quantitative estimate of drug-likeness (QED) is 0.680. The van der Waals surface area contributed by atoms with Gasteiger partial charge in [0.15, 0.2) is 0 Å². The second-order valence-electron chi connectivity index (χ2n) is 7.53. The highest BCUT2D eigenvalue weighted by Crippen LogP contribution is 2.30. The van der Waals surface area contributed by atoms with Crippen LogP contribution in [0.4, 0.5) is 10.6 Å². The molecule has 2 aromatic heterocycles. The number of carbonyl (C=O) groups is 2. The van der Waals surface area contributed by atoms with Crippen LogP contribution < -0.4 is 16.0 Å². The molecule has 2 aromatic rings. The van der Waals surface area contributed by atoms with E-state index in [2.05, 4.69) is 36.9 Å². The lowest BCUT2D eigenvalue weighted by atomic mass is 9.88. The van der Waals surface area contributed by atoms with Crippen molar-refractivity contribution in [1.82, 2.24) is 25.5 Å². The Morgan fingerprint density at radius 1 is 1.20 bits per heavy atom. The van der Waals surface area contributed by atoms with Crippen LogP contribution in [0.2, 0.25) is 0 Å². The van der Waals surface area contributed by atoms with Crippen LogP contribution >= 0.6 is 0 Å². The van der Waals surface area contributed by atoms with E-state index in [1.165, 1.54) is 5.56 Å². The Kier molecular flexibility index (Phi) is 7.35. The molecule has 160 valence electrons. The average molecular weight is 411 g/mol. The van der Waals surface area contributed by atoms with Crippen molar-refractivity contribution in [2.45, 2.75) is 39.2 Å². The Hall–Kier alpha value is -3.00. The molecule has 30 heavy (non-hydrogen) atoms. The van der Waals surface area contributed by atoms with Gasteiger partial charge in [0, 0.05) is 32.0 Å². The Morgan fingerprint density at radius 3 is 2.63 bits per heavy atom. The molecule has 3 rings (SSSR count). The Bertz CT molecular complexity index is 893. The number of piperidine rings is 1. The standard InChI is InChI=1S/C22H30N6O2/c1-4-24-22(30)27-20-13-16(7-10-25-20)14-28-11-8-17(9-12-28)18-5-6-19(21(29)23-3)26-15(18)2/h5-7,10,13,17H,4,8-9,11-12,14H2,1-3H3,(H,23,29)(H2,24,25,27,30). The fourth-order valence-corrected chi connectivity index (χ4v) is 3.88. The SMILES string of the molecule is CCNC(=O)Nc1cc(CN2CCC(c3ccc(C(=O)NC)nc3C)CC2)ccn1. The number of urea groups is 1. The third-order valence-electron chi connectivity index (χ3n) is 5.42. The summed E-state index contributed by atoms with van der Waals surface area (Å²) >= 11 is 0. The number of likely N-dealkylation sites (tertiary alicyclic amines) is 1. The maximum atomic E-state index is 11.8. The minimum atomic E-state index is -0.241. The lowest BCUT2D eigenvalue weighted by Gasteiger charge is -2.32. The molecule has 0 atom stereocenters. The summed E-state index contributed by atoms with van der Waals surface area (Å²) in [5.41, 5.74) is 3.76. The number of hydrogen-bond acceptors (Lipinski definition) is 5. The number of carbonyl (C=O) groups excluding carboxylic acids is 2. The topological polar surface area (TPSA) is 99.2 Å². The van der Waals surface area contributed by atoms with Crippen molar-refractivity contribution in [2.24, 2.45) is 0 Å². The summed E-state index contributed by atoms with van der Waals surface area (Å²) in [4.78, 5) is 34.6. The number of rotatable bonds is 6. The molecule has 3 N–H and O–H groups in total. The zero-order chi connectivity index (χ0) is 21.5. The molecule has 0 spiro atoms. The summed E-state index contributed by atoms with van der Waals surface area (Å²) in [6.07, 6.45) is 3.83. The number of anilines is 1. The molecule has 8 heteroatoms. The molecular weight excluding hydrogens is 380 g/mol. The van der Waals surface area contributed by atoms with Crippen LogP contribution in [0.3, 0.4) is 0 Å². The van der Waals surface area contributed by atoms with E-state index < -0.39 is 0 Å². The highest BCUT2D eigenvalue weighted by atomic mass is 16.2. The first-order chi connectivity index (χ1) is 14.5. The number of nitrogens with zero attached hydrogens (tertiary/aromatic N) is 3. The molecule has 1 saturated heterocycles. The van der Waals surface area contributed by atoms with Crippen LogP contribution in [0, 0.1) is 6.92 Å². The monoisotopic (exact) mass is 410 g/mol. The first-order valence-electron chi connectivity index (χ1n) is 10.4. The Balaban J connectivity index is 1.56. The lowest BCUT2D eigenvalue weighted by Crippen LogP contribution is -2.33. The fourth-order valence-electron chi connectivity index (χ4n) is 3.88. The van der Waals surface area contributed by atoms with Crippen molar-refractivity contribution in [3.8, 4) is 0 Å². The van der Waals surface area contributed by atoms with Crippen molar-refractivity contribution in [2.75, 3.05) is 32.0 Å². The van der Waals surface area contributed by atoms with E-state index in [-0.39, 0.29) is 11.9 Å². The number of aryl methyl sites for hydroxylation is 1. The van der Waals surface area contributed by atoms with E-state index in [4.69, 9.17) is 0 Å². The van der Waals surface area contributed by atoms with Gasteiger partial charge in [-0.25, -0.2) is 14.8 Å². The van der Waals surface area contributed by atoms with Crippen molar-refractivity contribution < 1.29 is 9.59 Å². The van der Waals surface area contributed by atoms with Crippen molar-refractivity contribution >= 4 is 17.8 Å². The lowest BCUT2D eigenvalue weighted by molar-refractivity contribution is 0.0958. The van der Waals surface area contributed by atoms with Gasteiger partial charge in [0.05, 0.1) is 0 Å². The van der Waals surface area contributed by atoms with E-state index >= 15 is 0 Å². The van der Waals surface area contributed by atoms with Gasteiger partial charge >= 0.3 is 6.03 Å². The summed E-state index contributed by atoms with van der Waals surface area (Å²) in [7, 11) is 1.62. The summed E-state index contributed by atoms with van der Waals surface area (Å²) < 4.78 is 0. The normalized spacial score (nSPS) is 14.9. The predicted octanol–water partition coefficient (Wildman–Crippen LogP) is 2.67. The van der Waals surface area contributed by atoms with Crippen molar-refractivity contribution in [1.29, 1.82) is 0 Å². The van der Waals surface area contributed by atoms with Crippen molar-refractivity contribution in [3.05, 3.63) is 53.0 Å². The summed E-state index contributed by atoms with van der Waals surface area (Å²) in [5.74, 6) is 0.865. The van der Waals surface area contributed by atoms with Crippen LogP contribution in [0.15, 0.2) is 30.5 Å². The minimum Gasteiger partial charge on any atom is -0.354 e. The van der Waals surface area contributed by atoms with E-state index in [0.717, 1.165) is 43.7 Å². The third kappa shape index (κ3) is 5.54. The molecular formula is C22H30N6O2. The first-order valence-corrected chi connectivity index (χ1v) is 10.4. The highest BCUT2D eigenvalue weighted by Gasteiger charge is 2.23.